The van der Waals surface area contributed by atoms with E-state index in [0.29, 0.717) is 5.92 Å². The van der Waals surface area contributed by atoms with Crippen molar-refractivity contribution in [2.24, 2.45) is 11.8 Å². The van der Waals surface area contributed by atoms with Gasteiger partial charge in [-0.15, -0.1) is 0 Å². The van der Waals surface area contributed by atoms with E-state index in [1.165, 1.54) is 12.8 Å². The number of fused-ring (bicyclic) bond motifs is 2. The third kappa shape index (κ3) is 2.15. The SMILES string of the molecule is FC(F)(F)c1cnc(OC2CC3CCC2C3)nc1. The zero-order valence-corrected chi connectivity index (χ0v) is 9.65. The van der Waals surface area contributed by atoms with E-state index in [9.17, 15) is 13.2 Å². The Kier molecular flexibility index (Phi) is 2.68. The number of nitrogens with zero attached hydrogens (tertiary/aromatic N) is 2. The molecule has 1 aromatic rings. The van der Waals surface area contributed by atoms with Gasteiger partial charge < -0.3 is 4.74 Å². The fraction of sp³-hybridized carbons (Fsp3) is 0.667. The molecule has 0 spiro atoms. The van der Waals surface area contributed by atoms with Gasteiger partial charge in [0, 0.05) is 12.4 Å². The summed E-state index contributed by atoms with van der Waals surface area (Å²) in [5, 5.41) is 0. The molecule has 2 saturated carbocycles. The molecule has 3 atom stereocenters. The average Bonchev–Trinajstić information content (AvgIpc) is 2.90. The smallest absolute Gasteiger partial charge is 0.419 e. The standard InChI is InChI=1S/C12H13F3N2O/c13-12(14,15)9-5-16-11(17-6-9)18-10-4-7-1-2-8(10)3-7/h5-8,10H,1-4H2. The molecule has 1 heterocycles. The van der Waals surface area contributed by atoms with Crippen molar-refractivity contribution in [2.75, 3.05) is 0 Å². The lowest BCUT2D eigenvalue weighted by atomic mass is 9.98. The van der Waals surface area contributed by atoms with Gasteiger partial charge in [0.1, 0.15) is 6.10 Å². The molecule has 2 bridgehead atoms. The maximum Gasteiger partial charge on any atom is 0.419 e. The molecular formula is C12H13F3N2O. The van der Waals surface area contributed by atoms with Crippen LogP contribution in [-0.4, -0.2) is 16.1 Å². The number of hydrogen-bond acceptors (Lipinski definition) is 3. The van der Waals surface area contributed by atoms with E-state index in [4.69, 9.17) is 4.74 Å². The second kappa shape index (κ2) is 4.10. The Bertz CT molecular complexity index is 432. The summed E-state index contributed by atoms with van der Waals surface area (Å²) in [6, 6.07) is 0.0561. The number of hydrogen-bond donors (Lipinski definition) is 0. The van der Waals surface area contributed by atoms with Crippen molar-refractivity contribution in [2.45, 2.75) is 38.0 Å². The lowest BCUT2D eigenvalue weighted by Gasteiger charge is -2.21. The first kappa shape index (κ1) is 11.7. The van der Waals surface area contributed by atoms with Crippen LogP contribution in [0.3, 0.4) is 0 Å². The van der Waals surface area contributed by atoms with Crippen molar-refractivity contribution in [3.63, 3.8) is 0 Å². The van der Waals surface area contributed by atoms with Gasteiger partial charge in [-0.05, 0) is 37.5 Å². The summed E-state index contributed by atoms with van der Waals surface area (Å²) < 4.78 is 42.6. The zero-order valence-electron chi connectivity index (χ0n) is 9.65. The highest BCUT2D eigenvalue weighted by atomic mass is 19.4. The summed E-state index contributed by atoms with van der Waals surface area (Å²) in [4.78, 5) is 7.28. The largest absolute Gasteiger partial charge is 0.460 e. The molecule has 3 rings (SSSR count). The van der Waals surface area contributed by atoms with Gasteiger partial charge in [-0.2, -0.15) is 13.2 Å². The van der Waals surface area contributed by atoms with Crippen LogP contribution in [0.25, 0.3) is 0 Å². The molecule has 3 unspecified atom stereocenters. The van der Waals surface area contributed by atoms with Crippen molar-refractivity contribution >= 4 is 0 Å². The fourth-order valence-electron chi connectivity index (χ4n) is 2.99. The van der Waals surface area contributed by atoms with Gasteiger partial charge in [-0.3, -0.25) is 0 Å². The highest BCUT2D eigenvalue weighted by Crippen LogP contribution is 2.45. The molecule has 2 aliphatic rings. The van der Waals surface area contributed by atoms with Gasteiger partial charge in [0.15, 0.2) is 0 Å². The summed E-state index contributed by atoms with van der Waals surface area (Å²) >= 11 is 0. The minimum atomic E-state index is -4.40. The molecule has 0 amide bonds. The molecule has 0 N–H and O–H groups in total. The van der Waals surface area contributed by atoms with Crippen LogP contribution in [0, 0.1) is 11.8 Å². The number of aromatic nitrogens is 2. The van der Waals surface area contributed by atoms with Crippen molar-refractivity contribution in [1.82, 2.24) is 9.97 Å². The molecule has 6 heteroatoms. The highest BCUT2D eigenvalue weighted by Gasteiger charge is 2.41. The number of halogens is 3. The van der Waals surface area contributed by atoms with Crippen LogP contribution >= 0.6 is 0 Å². The van der Waals surface area contributed by atoms with Gasteiger partial charge in [-0.1, -0.05) is 0 Å². The summed E-state index contributed by atoms with van der Waals surface area (Å²) in [7, 11) is 0. The van der Waals surface area contributed by atoms with Crippen LogP contribution in [0.15, 0.2) is 12.4 Å². The van der Waals surface area contributed by atoms with Crippen molar-refractivity contribution in [3.05, 3.63) is 18.0 Å². The number of alkyl halides is 3. The van der Waals surface area contributed by atoms with Gasteiger partial charge >= 0.3 is 12.2 Å². The summed E-state index contributed by atoms with van der Waals surface area (Å²) in [5.74, 6) is 1.25. The first-order valence-corrected chi connectivity index (χ1v) is 6.08. The van der Waals surface area contributed by atoms with Crippen LogP contribution in [0.5, 0.6) is 6.01 Å². The molecule has 0 aromatic carbocycles. The zero-order chi connectivity index (χ0) is 12.8. The third-order valence-corrected chi connectivity index (χ3v) is 3.89. The maximum atomic E-state index is 12.3. The Balaban J connectivity index is 1.67. The number of ether oxygens (including phenoxy) is 1. The van der Waals surface area contributed by atoms with E-state index in [2.05, 4.69) is 9.97 Å². The minimum absolute atomic E-state index is 0.0561. The van der Waals surface area contributed by atoms with E-state index in [1.54, 1.807) is 0 Å². The molecule has 0 radical (unpaired) electrons. The summed E-state index contributed by atoms with van der Waals surface area (Å²) in [6.07, 6.45) is 1.78. The van der Waals surface area contributed by atoms with Crippen molar-refractivity contribution in [1.29, 1.82) is 0 Å². The van der Waals surface area contributed by atoms with Gasteiger partial charge in [-0.25, -0.2) is 9.97 Å². The van der Waals surface area contributed by atoms with Crippen molar-refractivity contribution in [3.8, 4) is 6.01 Å². The topological polar surface area (TPSA) is 35.0 Å². The number of rotatable bonds is 2. The normalized spacial score (nSPS) is 30.7. The highest BCUT2D eigenvalue weighted by molar-refractivity contribution is 5.11. The first-order valence-electron chi connectivity index (χ1n) is 6.08. The van der Waals surface area contributed by atoms with E-state index in [0.717, 1.165) is 31.2 Å². The van der Waals surface area contributed by atoms with E-state index in [-0.39, 0.29) is 12.1 Å². The predicted molar refractivity (Wildman–Crippen MR) is 56.9 cm³/mol. The molecule has 18 heavy (non-hydrogen) atoms. The van der Waals surface area contributed by atoms with E-state index < -0.39 is 11.7 Å². The quantitative estimate of drug-likeness (QED) is 0.817. The lowest BCUT2D eigenvalue weighted by Crippen LogP contribution is -2.24. The second-order valence-corrected chi connectivity index (χ2v) is 5.08. The Morgan fingerprint density at radius 3 is 2.33 bits per heavy atom. The van der Waals surface area contributed by atoms with Crippen LogP contribution in [0.4, 0.5) is 13.2 Å². The molecule has 0 saturated heterocycles. The Hall–Kier alpha value is -1.33. The summed E-state index contributed by atoms with van der Waals surface area (Å²) in [6.45, 7) is 0. The Morgan fingerprint density at radius 2 is 1.83 bits per heavy atom. The van der Waals surface area contributed by atoms with Gasteiger partial charge in [0.25, 0.3) is 0 Å². The minimum Gasteiger partial charge on any atom is -0.460 e. The summed E-state index contributed by atoms with van der Waals surface area (Å²) in [5.41, 5.74) is -0.845. The van der Waals surface area contributed by atoms with Crippen LogP contribution < -0.4 is 4.74 Å². The van der Waals surface area contributed by atoms with Crippen LogP contribution in [-0.2, 0) is 6.18 Å². The lowest BCUT2D eigenvalue weighted by molar-refractivity contribution is -0.138. The molecule has 0 aliphatic heterocycles. The van der Waals surface area contributed by atoms with E-state index in [1.807, 2.05) is 0 Å². The molecule has 3 nitrogen and oxygen atoms in total. The molecule has 98 valence electrons. The Labute approximate surface area is 102 Å². The molecule has 2 aliphatic carbocycles. The first-order chi connectivity index (χ1) is 8.52. The van der Waals surface area contributed by atoms with Crippen molar-refractivity contribution < 1.29 is 17.9 Å². The van der Waals surface area contributed by atoms with Gasteiger partial charge in [0.2, 0.25) is 0 Å². The average molecular weight is 258 g/mol. The second-order valence-electron chi connectivity index (χ2n) is 5.08. The Morgan fingerprint density at radius 1 is 1.11 bits per heavy atom. The van der Waals surface area contributed by atoms with Gasteiger partial charge in [0.05, 0.1) is 5.56 Å². The van der Waals surface area contributed by atoms with Crippen LogP contribution in [0.1, 0.15) is 31.2 Å². The van der Waals surface area contributed by atoms with Crippen LogP contribution in [0.2, 0.25) is 0 Å². The van der Waals surface area contributed by atoms with E-state index >= 15 is 0 Å². The predicted octanol–water partition coefficient (Wildman–Crippen LogP) is 3.06. The third-order valence-electron chi connectivity index (χ3n) is 3.89. The fourth-order valence-corrected chi connectivity index (χ4v) is 2.99. The molecule has 1 aromatic heterocycles. The monoisotopic (exact) mass is 258 g/mol. The maximum absolute atomic E-state index is 12.3. The molecule has 2 fully saturated rings. The molecular weight excluding hydrogens is 245 g/mol.